The van der Waals surface area contributed by atoms with Gasteiger partial charge in [0, 0.05) is 5.92 Å². The summed E-state index contributed by atoms with van der Waals surface area (Å²) in [7, 11) is 0. The highest BCUT2D eigenvalue weighted by atomic mass is 16.1. The third kappa shape index (κ3) is 2.38. The highest BCUT2D eigenvalue weighted by Gasteiger charge is 2.07. The number of hydrogen-bond donors (Lipinski definition) is 0. The molecule has 0 aromatic heterocycles. The molecule has 1 aromatic carbocycles. The monoisotopic (exact) mass is 162 g/mol. The maximum atomic E-state index is 11.1. The molecule has 2 heteroatoms. The molecule has 0 N–H and O–H groups in total. The van der Waals surface area contributed by atoms with Crippen LogP contribution in [0.15, 0.2) is 30.3 Å². The SMILES string of the molecule is CC(C)C(=O)[N]c1ccccc1. The van der Waals surface area contributed by atoms with E-state index in [0.717, 1.165) is 5.69 Å². The zero-order valence-corrected chi connectivity index (χ0v) is 7.32. The van der Waals surface area contributed by atoms with E-state index in [1.54, 1.807) is 0 Å². The van der Waals surface area contributed by atoms with Gasteiger partial charge in [-0.1, -0.05) is 32.0 Å². The summed E-state index contributed by atoms with van der Waals surface area (Å²) in [5, 5.41) is 3.92. The number of carbonyl (C=O) groups excluding carboxylic acids is 1. The van der Waals surface area contributed by atoms with Gasteiger partial charge in [0.1, 0.15) is 0 Å². The van der Waals surface area contributed by atoms with Crippen LogP contribution >= 0.6 is 0 Å². The molecule has 0 bridgehead atoms. The molecular formula is C10H12NO. The molecule has 1 rings (SSSR count). The smallest absolute Gasteiger partial charge is 0.248 e. The first-order valence-corrected chi connectivity index (χ1v) is 4.01. The van der Waals surface area contributed by atoms with Gasteiger partial charge in [-0.05, 0) is 12.1 Å². The van der Waals surface area contributed by atoms with Crippen LogP contribution in [0, 0.1) is 5.92 Å². The number of benzene rings is 1. The quantitative estimate of drug-likeness (QED) is 0.655. The third-order valence-electron chi connectivity index (χ3n) is 1.49. The Morgan fingerprint density at radius 3 is 2.33 bits per heavy atom. The number of amides is 1. The van der Waals surface area contributed by atoms with Crippen molar-refractivity contribution in [2.24, 2.45) is 5.92 Å². The average molecular weight is 162 g/mol. The summed E-state index contributed by atoms with van der Waals surface area (Å²) >= 11 is 0. The van der Waals surface area contributed by atoms with Gasteiger partial charge in [0.15, 0.2) is 0 Å². The third-order valence-corrected chi connectivity index (χ3v) is 1.49. The van der Waals surface area contributed by atoms with E-state index in [0.29, 0.717) is 0 Å². The maximum absolute atomic E-state index is 11.1. The first kappa shape index (κ1) is 8.78. The molecule has 0 aliphatic heterocycles. The van der Waals surface area contributed by atoms with E-state index in [9.17, 15) is 4.79 Å². The predicted molar refractivity (Wildman–Crippen MR) is 48.1 cm³/mol. The van der Waals surface area contributed by atoms with Crippen LogP contribution in [0.5, 0.6) is 0 Å². The van der Waals surface area contributed by atoms with E-state index < -0.39 is 0 Å². The fourth-order valence-corrected chi connectivity index (χ4v) is 0.759. The van der Waals surface area contributed by atoms with Gasteiger partial charge in [-0.25, -0.2) is 5.32 Å². The van der Waals surface area contributed by atoms with Gasteiger partial charge >= 0.3 is 0 Å². The molecule has 0 atom stereocenters. The molecule has 0 saturated heterocycles. The Labute approximate surface area is 72.6 Å². The molecular weight excluding hydrogens is 150 g/mol. The zero-order valence-electron chi connectivity index (χ0n) is 7.32. The van der Waals surface area contributed by atoms with Crippen LogP contribution in [-0.2, 0) is 4.79 Å². The van der Waals surface area contributed by atoms with Crippen LogP contribution < -0.4 is 5.32 Å². The molecule has 2 nitrogen and oxygen atoms in total. The van der Waals surface area contributed by atoms with Crippen molar-refractivity contribution in [2.45, 2.75) is 13.8 Å². The van der Waals surface area contributed by atoms with Gasteiger partial charge in [0.25, 0.3) is 0 Å². The second-order valence-corrected chi connectivity index (χ2v) is 2.94. The first-order valence-electron chi connectivity index (χ1n) is 4.01. The Kier molecular flexibility index (Phi) is 2.86. The molecule has 1 radical (unpaired) electrons. The minimum Gasteiger partial charge on any atom is -0.272 e. The lowest BCUT2D eigenvalue weighted by atomic mass is 10.2. The van der Waals surface area contributed by atoms with Crippen LogP contribution in [0.2, 0.25) is 0 Å². The highest BCUT2D eigenvalue weighted by molar-refractivity contribution is 5.82. The minimum atomic E-state index is -0.0683. The van der Waals surface area contributed by atoms with Crippen LogP contribution in [0.25, 0.3) is 0 Å². The Balaban J connectivity index is 2.59. The van der Waals surface area contributed by atoms with Crippen LogP contribution in [-0.4, -0.2) is 5.91 Å². The van der Waals surface area contributed by atoms with Crippen LogP contribution in [0.1, 0.15) is 13.8 Å². The molecule has 63 valence electrons. The number of carbonyl (C=O) groups is 1. The van der Waals surface area contributed by atoms with E-state index in [2.05, 4.69) is 5.32 Å². The van der Waals surface area contributed by atoms with Crippen LogP contribution in [0.4, 0.5) is 5.69 Å². The number of rotatable bonds is 2. The zero-order chi connectivity index (χ0) is 8.97. The Morgan fingerprint density at radius 2 is 1.83 bits per heavy atom. The lowest BCUT2D eigenvalue weighted by molar-refractivity contribution is -0.123. The van der Waals surface area contributed by atoms with Gasteiger partial charge in [-0.3, -0.25) is 4.79 Å². The van der Waals surface area contributed by atoms with Gasteiger partial charge in [0.2, 0.25) is 5.91 Å². The Morgan fingerprint density at radius 1 is 1.25 bits per heavy atom. The molecule has 12 heavy (non-hydrogen) atoms. The van der Waals surface area contributed by atoms with E-state index in [-0.39, 0.29) is 11.8 Å². The summed E-state index contributed by atoms with van der Waals surface area (Å²) in [6, 6.07) is 9.28. The molecule has 0 fully saturated rings. The summed E-state index contributed by atoms with van der Waals surface area (Å²) in [5.41, 5.74) is 0.733. The molecule has 0 spiro atoms. The Bertz CT molecular complexity index is 254. The van der Waals surface area contributed by atoms with Crippen molar-refractivity contribution in [2.75, 3.05) is 0 Å². The number of nitrogens with zero attached hydrogens (tertiary/aromatic N) is 1. The second-order valence-electron chi connectivity index (χ2n) is 2.94. The number of para-hydroxylation sites is 1. The fourth-order valence-electron chi connectivity index (χ4n) is 0.759. The molecule has 1 aromatic rings. The fraction of sp³-hybridized carbons (Fsp3) is 0.300. The highest BCUT2D eigenvalue weighted by Crippen LogP contribution is 2.07. The van der Waals surface area contributed by atoms with Crippen molar-refractivity contribution in [1.82, 2.24) is 5.32 Å². The van der Waals surface area contributed by atoms with Gasteiger partial charge < -0.3 is 0 Å². The lowest BCUT2D eigenvalue weighted by Gasteiger charge is -2.02. The predicted octanol–water partition coefficient (Wildman–Crippen LogP) is 2.11. The summed E-state index contributed by atoms with van der Waals surface area (Å²) in [4.78, 5) is 11.1. The summed E-state index contributed by atoms with van der Waals surface area (Å²) in [6.07, 6.45) is 0. The van der Waals surface area contributed by atoms with E-state index >= 15 is 0 Å². The molecule has 0 aliphatic carbocycles. The lowest BCUT2D eigenvalue weighted by Crippen LogP contribution is -2.16. The topological polar surface area (TPSA) is 31.2 Å². The molecule has 0 heterocycles. The maximum Gasteiger partial charge on any atom is 0.248 e. The Hall–Kier alpha value is -1.31. The molecule has 0 unspecified atom stereocenters. The van der Waals surface area contributed by atoms with Crippen molar-refractivity contribution in [3.8, 4) is 0 Å². The van der Waals surface area contributed by atoms with E-state index in [4.69, 9.17) is 0 Å². The van der Waals surface area contributed by atoms with Crippen LogP contribution in [0.3, 0.4) is 0 Å². The van der Waals surface area contributed by atoms with Crippen molar-refractivity contribution in [3.05, 3.63) is 30.3 Å². The summed E-state index contributed by atoms with van der Waals surface area (Å²) in [5.74, 6) is -0.0913. The van der Waals surface area contributed by atoms with E-state index in [1.807, 2.05) is 44.2 Å². The van der Waals surface area contributed by atoms with E-state index in [1.165, 1.54) is 0 Å². The largest absolute Gasteiger partial charge is 0.272 e. The summed E-state index contributed by atoms with van der Waals surface area (Å²) < 4.78 is 0. The molecule has 0 aliphatic rings. The summed E-state index contributed by atoms with van der Waals surface area (Å²) in [6.45, 7) is 3.68. The van der Waals surface area contributed by atoms with Gasteiger partial charge in [0.05, 0.1) is 5.69 Å². The number of hydrogen-bond acceptors (Lipinski definition) is 1. The standard InChI is InChI=1S/C10H12NO/c1-8(2)10(12)11-9-6-4-3-5-7-9/h3-8H,1-2H3. The average Bonchev–Trinajstić information content (AvgIpc) is 2.06. The van der Waals surface area contributed by atoms with Crippen molar-refractivity contribution < 1.29 is 4.79 Å². The normalized spacial score (nSPS) is 9.92. The molecule has 1 amide bonds. The van der Waals surface area contributed by atoms with Gasteiger partial charge in [-0.2, -0.15) is 0 Å². The van der Waals surface area contributed by atoms with Crippen molar-refractivity contribution in [1.29, 1.82) is 0 Å². The van der Waals surface area contributed by atoms with Gasteiger partial charge in [-0.15, -0.1) is 0 Å². The van der Waals surface area contributed by atoms with Crippen molar-refractivity contribution >= 4 is 11.6 Å². The second kappa shape index (κ2) is 3.90. The molecule has 0 saturated carbocycles. The van der Waals surface area contributed by atoms with Crippen molar-refractivity contribution in [3.63, 3.8) is 0 Å². The first-order chi connectivity index (χ1) is 5.70. The minimum absolute atomic E-state index is 0.0230.